The minimum atomic E-state index is -3.46. The highest BCUT2D eigenvalue weighted by Crippen LogP contribution is 2.31. The first-order valence-electron chi connectivity index (χ1n) is 9.25. The first kappa shape index (κ1) is 20.3. The number of nitrogens with zero attached hydrogens (tertiary/aromatic N) is 5. The highest BCUT2D eigenvalue weighted by molar-refractivity contribution is 7.88. The summed E-state index contributed by atoms with van der Waals surface area (Å²) in [6, 6.07) is 1.30. The third kappa shape index (κ3) is 3.63. The number of primary amides is 1. The molecule has 1 aliphatic rings. The first-order chi connectivity index (χ1) is 14.2. The zero-order valence-electron chi connectivity index (χ0n) is 16.5. The Labute approximate surface area is 172 Å². The van der Waals surface area contributed by atoms with Crippen LogP contribution in [0.1, 0.15) is 10.4 Å². The van der Waals surface area contributed by atoms with E-state index in [-0.39, 0.29) is 18.7 Å². The van der Waals surface area contributed by atoms with Gasteiger partial charge in [-0.15, -0.1) is 0 Å². The van der Waals surface area contributed by atoms with Crippen LogP contribution in [0.3, 0.4) is 0 Å². The Morgan fingerprint density at radius 2 is 2.03 bits per heavy atom. The summed E-state index contributed by atoms with van der Waals surface area (Å²) in [7, 11) is -1.66. The lowest BCUT2D eigenvalue weighted by atomic mass is 10.0. The van der Waals surface area contributed by atoms with Gasteiger partial charge in [0.05, 0.1) is 42.1 Å². The molecule has 30 heavy (non-hydrogen) atoms. The average molecular weight is 435 g/mol. The number of aryl methyl sites for hydroxylation is 1. The Balaban J connectivity index is 1.77. The number of anilines is 1. The van der Waals surface area contributed by atoms with Gasteiger partial charge in [0.1, 0.15) is 0 Å². The number of nitrogens with one attached hydrogen (secondary N) is 1. The molecule has 2 atom stereocenters. The monoisotopic (exact) mass is 435 g/mol. The van der Waals surface area contributed by atoms with Crippen molar-refractivity contribution in [3.8, 4) is 11.1 Å². The van der Waals surface area contributed by atoms with E-state index in [9.17, 15) is 17.6 Å². The van der Waals surface area contributed by atoms with Crippen molar-refractivity contribution in [2.45, 2.75) is 6.04 Å². The number of hydrogen-bond donors (Lipinski definition) is 2. The lowest BCUT2D eigenvalue weighted by Crippen LogP contribution is -2.32. The smallest absolute Gasteiger partial charge is 0.252 e. The zero-order valence-corrected chi connectivity index (χ0v) is 17.3. The maximum absolute atomic E-state index is 13.6. The van der Waals surface area contributed by atoms with Gasteiger partial charge >= 0.3 is 0 Å². The first-order valence-corrected chi connectivity index (χ1v) is 11.1. The number of nitrogens with two attached hydrogens (primary N) is 1. The van der Waals surface area contributed by atoms with Crippen molar-refractivity contribution in [3.05, 3.63) is 36.4 Å². The summed E-state index contributed by atoms with van der Waals surface area (Å²) < 4.78 is 42.0. The second-order valence-electron chi connectivity index (χ2n) is 7.50. The van der Waals surface area contributed by atoms with Crippen LogP contribution in [0.2, 0.25) is 0 Å². The van der Waals surface area contributed by atoms with Crippen molar-refractivity contribution in [3.63, 3.8) is 0 Å². The summed E-state index contributed by atoms with van der Waals surface area (Å²) in [4.78, 5) is 12.0. The van der Waals surface area contributed by atoms with Crippen LogP contribution in [-0.2, 0) is 17.1 Å². The van der Waals surface area contributed by atoms with E-state index in [0.29, 0.717) is 11.2 Å². The number of aromatic nitrogens is 4. The van der Waals surface area contributed by atoms with Crippen molar-refractivity contribution < 1.29 is 17.6 Å². The Hall–Kier alpha value is -2.99. The minimum absolute atomic E-state index is 0.0716. The summed E-state index contributed by atoms with van der Waals surface area (Å²) in [5.41, 5.74) is 8.34. The number of halogens is 1. The molecule has 0 saturated carbocycles. The molecule has 1 fully saturated rings. The number of fused-ring (bicyclic) bond motifs is 1. The molecular weight excluding hydrogens is 413 g/mol. The Morgan fingerprint density at radius 1 is 1.27 bits per heavy atom. The van der Waals surface area contributed by atoms with E-state index >= 15 is 0 Å². The maximum Gasteiger partial charge on any atom is 0.252 e. The topological polar surface area (TPSA) is 128 Å². The van der Waals surface area contributed by atoms with Crippen LogP contribution in [-0.4, -0.2) is 70.1 Å². The zero-order chi connectivity index (χ0) is 21.6. The third-order valence-electron chi connectivity index (χ3n) is 5.35. The third-order valence-corrected chi connectivity index (χ3v) is 6.58. The van der Waals surface area contributed by atoms with Crippen LogP contribution in [0, 0.1) is 5.92 Å². The van der Waals surface area contributed by atoms with Crippen molar-refractivity contribution in [2.75, 3.05) is 31.3 Å². The number of alkyl halides is 1. The quantitative estimate of drug-likeness (QED) is 0.580. The van der Waals surface area contributed by atoms with Crippen LogP contribution in [0.15, 0.2) is 30.9 Å². The molecule has 4 rings (SSSR count). The summed E-state index contributed by atoms with van der Waals surface area (Å²) >= 11 is 0. The number of amides is 1. The molecule has 0 aliphatic carbocycles. The number of carbonyl (C=O) groups is 1. The largest absolute Gasteiger partial charge is 0.378 e. The molecule has 1 amide bonds. The lowest BCUT2D eigenvalue weighted by Gasteiger charge is -2.21. The van der Waals surface area contributed by atoms with E-state index in [1.807, 2.05) is 12.3 Å². The van der Waals surface area contributed by atoms with Gasteiger partial charge < -0.3 is 11.1 Å². The van der Waals surface area contributed by atoms with Gasteiger partial charge in [0.25, 0.3) is 5.91 Å². The van der Waals surface area contributed by atoms with Crippen molar-refractivity contribution in [2.24, 2.45) is 18.7 Å². The fraction of sp³-hybridized carbons (Fsp3) is 0.389. The predicted octanol–water partition coefficient (Wildman–Crippen LogP) is 0.475. The molecule has 0 unspecified atom stereocenters. The van der Waals surface area contributed by atoms with Crippen LogP contribution in [0.5, 0.6) is 0 Å². The number of hydrogen-bond acceptors (Lipinski definition) is 6. The fourth-order valence-corrected chi connectivity index (χ4v) is 4.62. The average Bonchev–Trinajstić information content (AvgIpc) is 3.38. The molecule has 1 aliphatic heterocycles. The summed E-state index contributed by atoms with van der Waals surface area (Å²) in [6.07, 6.45) is 7.77. The second-order valence-corrected chi connectivity index (χ2v) is 9.49. The number of sulfonamides is 1. The number of carbonyl (C=O) groups excluding carboxylic acids is 1. The normalized spacial score (nSPS) is 20.1. The second kappa shape index (κ2) is 7.36. The Morgan fingerprint density at radius 3 is 2.63 bits per heavy atom. The van der Waals surface area contributed by atoms with E-state index < -0.39 is 34.6 Å². The molecule has 3 N–H and O–H groups in total. The summed E-state index contributed by atoms with van der Waals surface area (Å²) in [5.74, 6) is -1.24. The highest BCUT2D eigenvalue weighted by atomic mass is 32.2. The molecule has 10 nitrogen and oxygen atoms in total. The van der Waals surface area contributed by atoms with Gasteiger partial charge in [0, 0.05) is 55.6 Å². The van der Waals surface area contributed by atoms with Crippen LogP contribution in [0.25, 0.3) is 16.6 Å². The Kier molecular flexibility index (Phi) is 4.98. The van der Waals surface area contributed by atoms with Gasteiger partial charge in [0.2, 0.25) is 10.0 Å². The molecule has 3 aromatic heterocycles. The van der Waals surface area contributed by atoms with E-state index in [4.69, 9.17) is 5.73 Å². The fourth-order valence-electron chi connectivity index (χ4n) is 3.73. The SMILES string of the molecule is Cn1cc(-c2cc3c(N[C@@H]4CN(S(C)(=O)=O)C[C@H]4CF)c(C(N)=O)cnn3c2)cn1. The molecule has 12 heteroatoms. The van der Waals surface area contributed by atoms with Gasteiger partial charge in [-0.3, -0.25) is 13.9 Å². The van der Waals surface area contributed by atoms with Crippen LogP contribution in [0.4, 0.5) is 10.1 Å². The molecular formula is C18H22FN7O3S. The van der Waals surface area contributed by atoms with E-state index in [0.717, 1.165) is 17.4 Å². The van der Waals surface area contributed by atoms with Crippen molar-refractivity contribution in [1.29, 1.82) is 0 Å². The molecule has 0 radical (unpaired) electrons. The van der Waals surface area contributed by atoms with Gasteiger partial charge in [0.15, 0.2) is 0 Å². The van der Waals surface area contributed by atoms with Crippen molar-refractivity contribution >= 4 is 27.1 Å². The van der Waals surface area contributed by atoms with Gasteiger partial charge in [-0.05, 0) is 6.07 Å². The standard InChI is InChI=1S/C18H22FN7O3S/c1-24-7-13(5-21-24)11-3-16-17(14(18(20)27)6-22-26(16)9-11)23-15-10-25(30(2,28)29)8-12(15)4-19/h3,5-7,9,12,15,23H,4,8,10H2,1-2H3,(H2,20,27)/t12-,15-/m1/s1. The van der Waals surface area contributed by atoms with Crippen LogP contribution < -0.4 is 11.1 Å². The molecule has 1 saturated heterocycles. The van der Waals surface area contributed by atoms with Crippen LogP contribution >= 0.6 is 0 Å². The molecule has 0 aromatic carbocycles. The molecule has 160 valence electrons. The minimum Gasteiger partial charge on any atom is -0.378 e. The van der Waals surface area contributed by atoms with Gasteiger partial charge in [-0.2, -0.15) is 14.5 Å². The maximum atomic E-state index is 13.6. The molecule has 3 aromatic rings. The molecule has 4 heterocycles. The lowest BCUT2D eigenvalue weighted by molar-refractivity contribution is 0.100. The van der Waals surface area contributed by atoms with E-state index in [1.165, 1.54) is 10.5 Å². The van der Waals surface area contributed by atoms with E-state index in [1.54, 1.807) is 28.6 Å². The predicted molar refractivity (Wildman–Crippen MR) is 109 cm³/mol. The Bertz CT molecular complexity index is 1220. The van der Waals surface area contributed by atoms with Gasteiger partial charge in [-0.25, -0.2) is 12.9 Å². The highest BCUT2D eigenvalue weighted by Gasteiger charge is 2.37. The summed E-state index contributed by atoms with van der Waals surface area (Å²) in [6.45, 7) is -0.530. The molecule has 0 spiro atoms. The van der Waals surface area contributed by atoms with Crippen molar-refractivity contribution in [1.82, 2.24) is 23.7 Å². The van der Waals surface area contributed by atoms with E-state index in [2.05, 4.69) is 15.5 Å². The van der Waals surface area contributed by atoms with Gasteiger partial charge in [-0.1, -0.05) is 0 Å². The molecule has 0 bridgehead atoms. The number of rotatable bonds is 6. The summed E-state index contributed by atoms with van der Waals surface area (Å²) in [5, 5.41) is 11.6.